The molecule has 7 rings (SSSR count). The number of benzene rings is 2. The second-order valence-corrected chi connectivity index (χ2v) is 18.9. The molecule has 0 bridgehead atoms. The lowest BCUT2D eigenvalue weighted by molar-refractivity contribution is -0.159. The Labute approximate surface area is 323 Å². The van der Waals surface area contributed by atoms with Gasteiger partial charge in [-0.25, -0.2) is 8.42 Å². The molecule has 2 saturated heterocycles. The van der Waals surface area contributed by atoms with Crippen LogP contribution in [0.5, 0.6) is 0 Å². The van der Waals surface area contributed by atoms with Crippen molar-refractivity contribution in [1.82, 2.24) is 19.8 Å². The van der Waals surface area contributed by atoms with E-state index in [4.69, 9.17) is 4.74 Å². The highest BCUT2D eigenvalue weighted by molar-refractivity contribution is 7.91. The van der Waals surface area contributed by atoms with Gasteiger partial charge < -0.3 is 19.9 Å². The number of hydrogen-bond donors (Lipinski definition) is 2. The molecule has 5 aliphatic rings. The van der Waals surface area contributed by atoms with Gasteiger partial charge >= 0.3 is 5.97 Å². The summed E-state index contributed by atoms with van der Waals surface area (Å²) in [5, 5.41) is 2.33. The van der Waals surface area contributed by atoms with Crippen LogP contribution < -0.4 is 10.0 Å². The highest BCUT2D eigenvalue weighted by atomic mass is 32.2. The number of nitrogens with one attached hydrogen (secondary N) is 2. The van der Waals surface area contributed by atoms with Crippen molar-refractivity contribution in [3.63, 3.8) is 0 Å². The van der Waals surface area contributed by atoms with E-state index in [0.29, 0.717) is 44.2 Å². The van der Waals surface area contributed by atoms with Crippen LogP contribution in [0.15, 0.2) is 66.7 Å². The van der Waals surface area contributed by atoms with Crippen LogP contribution in [0, 0.1) is 23.7 Å². The van der Waals surface area contributed by atoms with Crippen LogP contribution in [-0.2, 0) is 33.9 Å². The van der Waals surface area contributed by atoms with Crippen LogP contribution in [0.2, 0.25) is 0 Å². The van der Waals surface area contributed by atoms with Crippen molar-refractivity contribution in [2.45, 2.75) is 101 Å². The summed E-state index contributed by atoms with van der Waals surface area (Å²) < 4.78 is 33.7. The highest BCUT2D eigenvalue weighted by Crippen LogP contribution is 2.47. The lowest BCUT2D eigenvalue weighted by atomic mass is 9.92. The van der Waals surface area contributed by atoms with Crippen LogP contribution in [-0.4, -0.2) is 89.9 Å². The fourth-order valence-electron chi connectivity index (χ4n) is 8.66. The van der Waals surface area contributed by atoms with Crippen molar-refractivity contribution in [3.8, 4) is 11.1 Å². The van der Waals surface area contributed by atoms with Crippen molar-refractivity contribution >= 4 is 39.6 Å². The number of carbonyl (C=O) groups is 5. The summed E-state index contributed by atoms with van der Waals surface area (Å²) >= 11 is 0. The summed E-state index contributed by atoms with van der Waals surface area (Å²) in [7, 11) is -3.90. The molecule has 0 unspecified atom stereocenters. The summed E-state index contributed by atoms with van der Waals surface area (Å²) in [5.74, 6) is -4.20. The monoisotopic (exact) mass is 772 g/mol. The molecule has 0 spiro atoms. The third kappa shape index (κ3) is 8.36. The Morgan fingerprint density at radius 2 is 1.65 bits per heavy atom. The molecule has 2 aromatic rings. The summed E-state index contributed by atoms with van der Waals surface area (Å²) in [4.78, 5) is 73.9. The SMILES string of the molecule is CC(C)(C)OC(=O)C[C@@H]1CCCCC/C=C\[C@@H]2C[C@@]2(C(=O)NS(=O)(=O)C2CC2)NC(=O)[C@@H]2[C@H]3CN(C(=O)c4ccccc4-c4ccccc4)C[C@H]3CN2C1=O. The molecule has 294 valence electrons. The molecule has 2 saturated carbocycles. The Bertz CT molecular complexity index is 1970. The first-order chi connectivity index (χ1) is 26.2. The zero-order valence-electron chi connectivity index (χ0n) is 31.9. The highest BCUT2D eigenvalue weighted by Gasteiger charge is 2.63. The van der Waals surface area contributed by atoms with Gasteiger partial charge in [-0.1, -0.05) is 73.5 Å². The number of esters is 1. The van der Waals surface area contributed by atoms with E-state index in [9.17, 15) is 32.4 Å². The topological polar surface area (TPSA) is 159 Å². The van der Waals surface area contributed by atoms with Crippen molar-refractivity contribution in [2.24, 2.45) is 23.7 Å². The molecule has 0 radical (unpaired) electrons. The van der Waals surface area contributed by atoms with Crippen LogP contribution in [0.1, 0.15) is 88.9 Å². The molecule has 3 heterocycles. The number of likely N-dealkylation sites (tertiary alicyclic amines) is 1. The Kier molecular flexibility index (Phi) is 10.7. The number of ether oxygens (including phenoxy) is 1. The van der Waals surface area contributed by atoms with E-state index in [1.165, 1.54) is 0 Å². The molecule has 0 aromatic heterocycles. The molecular formula is C42H52N4O8S. The average molecular weight is 773 g/mol. The number of rotatable bonds is 7. The van der Waals surface area contributed by atoms with Crippen molar-refractivity contribution in [2.75, 3.05) is 19.6 Å². The van der Waals surface area contributed by atoms with Crippen LogP contribution in [0.25, 0.3) is 11.1 Å². The number of fused-ring (bicyclic) bond motifs is 4. The lowest BCUT2D eigenvalue weighted by Crippen LogP contribution is -2.58. The van der Waals surface area contributed by atoms with E-state index in [-0.39, 0.29) is 43.7 Å². The molecule has 2 aliphatic carbocycles. The maximum atomic E-state index is 14.7. The molecule has 4 fully saturated rings. The summed E-state index contributed by atoms with van der Waals surface area (Å²) in [6, 6.07) is 16.0. The van der Waals surface area contributed by atoms with Gasteiger partial charge in [-0.05, 0) is 76.5 Å². The van der Waals surface area contributed by atoms with E-state index in [2.05, 4.69) is 10.0 Å². The molecule has 4 amide bonds. The number of allylic oxidation sites excluding steroid dienone is 1. The summed E-state index contributed by atoms with van der Waals surface area (Å²) in [6.45, 7) is 6.03. The van der Waals surface area contributed by atoms with Gasteiger partial charge in [0.1, 0.15) is 17.2 Å². The van der Waals surface area contributed by atoms with E-state index < -0.39 is 68.0 Å². The maximum absolute atomic E-state index is 14.7. The molecule has 2 aromatic carbocycles. The van der Waals surface area contributed by atoms with E-state index in [0.717, 1.165) is 24.0 Å². The Balaban J connectivity index is 1.20. The first kappa shape index (κ1) is 38.7. The molecule has 2 N–H and O–H groups in total. The van der Waals surface area contributed by atoms with E-state index >= 15 is 0 Å². The van der Waals surface area contributed by atoms with Crippen molar-refractivity contribution in [3.05, 3.63) is 72.3 Å². The van der Waals surface area contributed by atoms with Crippen LogP contribution >= 0.6 is 0 Å². The maximum Gasteiger partial charge on any atom is 0.307 e. The zero-order chi connectivity index (χ0) is 39.1. The second-order valence-electron chi connectivity index (χ2n) is 17.0. The molecule has 55 heavy (non-hydrogen) atoms. The van der Waals surface area contributed by atoms with Crippen LogP contribution in [0.4, 0.5) is 0 Å². The number of carbonyl (C=O) groups excluding carboxylic acids is 5. The number of amides is 4. The third-order valence-corrected chi connectivity index (χ3v) is 13.5. The van der Waals surface area contributed by atoms with Gasteiger partial charge in [-0.3, -0.25) is 28.7 Å². The Morgan fingerprint density at radius 3 is 2.38 bits per heavy atom. The van der Waals surface area contributed by atoms with Crippen molar-refractivity contribution in [1.29, 1.82) is 0 Å². The largest absolute Gasteiger partial charge is 0.460 e. The van der Waals surface area contributed by atoms with Gasteiger partial charge in [0.25, 0.3) is 11.8 Å². The fourth-order valence-corrected chi connectivity index (χ4v) is 10.0. The normalized spacial score (nSPS) is 29.1. The summed E-state index contributed by atoms with van der Waals surface area (Å²) in [6.07, 6.45) is 8.37. The average Bonchev–Trinajstić information content (AvgIpc) is 4.04. The summed E-state index contributed by atoms with van der Waals surface area (Å²) in [5.41, 5.74) is -0.00964. The molecule has 13 heteroatoms. The third-order valence-electron chi connectivity index (χ3n) is 11.7. The van der Waals surface area contributed by atoms with Crippen LogP contribution in [0.3, 0.4) is 0 Å². The number of hydrogen-bond acceptors (Lipinski definition) is 8. The van der Waals surface area contributed by atoms with E-state index in [1.54, 1.807) is 36.6 Å². The zero-order valence-corrected chi connectivity index (χ0v) is 32.7. The fraction of sp³-hybridized carbons (Fsp3) is 0.548. The van der Waals surface area contributed by atoms with Gasteiger partial charge in [0.2, 0.25) is 21.8 Å². The number of nitrogens with zero attached hydrogens (tertiary/aromatic N) is 2. The predicted octanol–water partition coefficient (Wildman–Crippen LogP) is 4.60. The first-order valence-electron chi connectivity index (χ1n) is 19.7. The molecule has 12 nitrogen and oxygen atoms in total. The molecule has 6 atom stereocenters. The van der Waals surface area contributed by atoms with Gasteiger partial charge in [0, 0.05) is 48.9 Å². The number of sulfonamides is 1. The minimum atomic E-state index is -3.90. The predicted molar refractivity (Wildman–Crippen MR) is 206 cm³/mol. The van der Waals surface area contributed by atoms with E-state index in [1.807, 2.05) is 60.7 Å². The first-order valence-corrected chi connectivity index (χ1v) is 21.2. The second kappa shape index (κ2) is 15.2. The van der Waals surface area contributed by atoms with Crippen molar-refractivity contribution < 1.29 is 37.1 Å². The van der Waals surface area contributed by atoms with Gasteiger partial charge in [0.05, 0.1) is 11.7 Å². The Morgan fingerprint density at radius 1 is 0.927 bits per heavy atom. The Hall–Kier alpha value is -4.52. The lowest BCUT2D eigenvalue weighted by Gasteiger charge is -2.33. The minimum Gasteiger partial charge on any atom is -0.460 e. The van der Waals surface area contributed by atoms with Gasteiger partial charge in [-0.2, -0.15) is 0 Å². The van der Waals surface area contributed by atoms with Gasteiger partial charge in [-0.15, -0.1) is 0 Å². The quantitative estimate of drug-likeness (QED) is 0.305. The molecule has 3 aliphatic heterocycles. The molecular weight excluding hydrogens is 721 g/mol. The minimum absolute atomic E-state index is 0.134. The standard InChI is InChI=1S/C42H52N4O8S/c1-41(2,3)54-35(47)22-28-16-8-5-4-6-11-17-30-23-42(30,40(51)44-55(52,53)31-20-21-31)43-37(48)36-34-26-45(24-29(34)25-46(36)38(28)49)39(50)33-19-13-12-18-32(33)27-14-9-7-10-15-27/h7,9-15,17-19,28-31,34,36H,4-6,8,16,20-26H2,1-3H3,(H,43,48)(H,44,51)/b17-11-/t28-,29-,30+,34-,36-,42+/m0/s1. The van der Waals surface area contributed by atoms with Gasteiger partial charge in [0.15, 0.2) is 0 Å². The smallest absolute Gasteiger partial charge is 0.307 e.